The first-order valence-electron chi connectivity index (χ1n) is 9.98. The summed E-state index contributed by atoms with van der Waals surface area (Å²) in [6.07, 6.45) is 0. The normalized spacial score (nSPS) is 11.5. The van der Waals surface area contributed by atoms with Crippen LogP contribution in [-0.4, -0.2) is 41.4 Å². The van der Waals surface area contributed by atoms with Crippen molar-refractivity contribution < 1.29 is 17.9 Å². The Labute approximate surface area is 199 Å². The molecule has 2 N–H and O–H groups in total. The lowest BCUT2D eigenvalue weighted by Crippen LogP contribution is -2.16. The highest BCUT2D eigenvalue weighted by molar-refractivity contribution is 7.93. The van der Waals surface area contributed by atoms with Crippen LogP contribution in [0.2, 0.25) is 0 Å². The van der Waals surface area contributed by atoms with E-state index >= 15 is 0 Å². The van der Waals surface area contributed by atoms with Gasteiger partial charge in [0.15, 0.2) is 11.6 Å². The van der Waals surface area contributed by atoms with Crippen molar-refractivity contribution in [1.29, 1.82) is 0 Å². The molecule has 0 fully saturated rings. The van der Waals surface area contributed by atoms with E-state index in [0.717, 1.165) is 11.7 Å². The van der Waals surface area contributed by atoms with Crippen molar-refractivity contribution in [2.45, 2.75) is 4.90 Å². The largest absolute Gasteiger partial charge is 0.497 e. The number of hydrogen-bond acceptors (Lipinski definition) is 10. The van der Waals surface area contributed by atoms with E-state index in [0.29, 0.717) is 39.3 Å². The van der Waals surface area contributed by atoms with Crippen molar-refractivity contribution in [1.82, 2.24) is 18.7 Å². The lowest BCUT2D eigenvalue weighted by Gasteiger charge is -2.16. The molecule has 12 heteroatoms. The van der Waals surface area contributed by atoms with Gasteiger partial charge in [-0.25, -0.2) is 18.4 Å². The zero-order valence-electron chi connectivity index (χ0n) is 18.0. The van der Waals surface area contributed by atoms with Crippen LogP contribution in [0, 0.1) is 0 Å². The zero-order valence-corrected chi connectivity index (χ0v) is 19.6. The predicted molar refractivity (Wildman–Crippen MR) is 131 cm³/mol. The summed E-state index contributed by atoms with van der Waals surface area (Å²) in [5.41, 5.74) is 2.46. The molecule has 0 aliphatic heterocycles. The first-order chi connectivity index (χ1) is 16.5. The van der Waals surface area contributed by atoms with Crippen LogP contribution >= 0.6 is 11.7 Å². The van der Waals surface area contributed by atoms with Crippen molar-refractivity contribution in [2.24, 2.45) is 0 Å². The zero-order chi connectivity index (χ0) is 23.7. The van der Waals surface area contributed by atoms with E-state index in [9.17, 15) is 8.42 Å². The molecule has 2 aromatic heterocycles. The van der Waals surface area contributed by atoms with Gasteiger partial charge in [-0.15, -0.1) is 0 Å². The minimum atomic E-state index is -4.06. The summed E-state index contributed by atoms with van der Waals surface area (Å²) < 4.78 is 48.2. The van der Waals surface area contributed by atoms with Crippen LogP contribution in [-0.2, 0) is 10.0 Å². The number of benzene rings is 3. The molecule has 5 rings (SSSR count). The standard InChI is InChI=1S/C22H18N6O4S2/c1-31-13-10-11-16(18(12-13)32-2)25-21-22(24-15-7-4-3-6-14(15)23-21)28-34(29,30)19-9-5-8-17-20(19)27-33-26-17/h3-12H,1-2H3,(H,23,25)(H,24,28). The fraction of sp³-hybridized carbons (Fsp3) is 0.0909. The van der Waals surface area contributed by atoms with E-state index in [1.807, 2.05) is 6.07 Å². The molecule has 2 heterocycles. The monoisotopic (exact) mass is 494 g/mol. The van der Waals surface area contributed by atoms with Crippen molar-refractivity contribution in [3.8, 4) is 11.5 Å². The quantitative estimate of drug-likeness (QED) is 0.342. The summed E-state index contributed by atoms with van der Waals surface area (Å²) in [6, 6.07) is 17.2. The van der Waals surface area contributed by atoms with E-state index in [-0.39, 0.29) is 16.5 Å². The molecular weight excluding hydrogens is 476 g/mol. The van der Waals surface area contributed by atoms with Crippen molar-refractivity contribution in [3.05, 3.63) is 60.7 Å². The van der Waals surface area contributed by atoms with Gasteiger partial charge in [-0.05, 0) is 36.4 Å². The van der Waals surface area contributed by atoms with E-state index in [1.54, 1.807) is 55.6 Å². The van der Waals surface area contributed by atoms with Gasteiger partial charge in [-0.2, -0.15) is 8.75 Å². The van der Waals surface area contributed by atoms with Crippen LogP contribution < -0.4 is 19.5 Å². The minimum absolute atomic E-state index is 0.00156. The third kappa shape index (κ3) is 4.04. The molecule has 0 saturated heterocycles. The van der Waals surface area contributed by atoms with Crippen molar-refractivity contribution in [2.75, 3.05) is 24.3 Å². The summed E-state index contributed by atoms with van der Waals surface area (Å²) in [6.45, 7) is 0. The highest BCUT2D eigenvalue weighted by Gasteiger charge is 2.23. The second kappa shape index (κ2) is 8.72. The highest BCUT2D eigenvalue weighted by Crippen LogP contribution is 2.34. The number of rotatable bonds is 7. The molecule has 0 aliphatic carbocycles. The van der Waals surface area contributed by atoms with Gasteiger partial charge in [0.05, 0.1) is 42.7 Å². The van der Waals surface area contributed by atoms with Gasteiger partial charge < -0.3 is 14.8 Å². The van der Waals surface area contributed by atoms with Gasteiger partial charge in [0.25, 0.3) is 10.0 Å². The van der Waals surface area contributed by atoms with Crippen molar-refractivity contribution in [3.63, 3.8) is 0 Å². The summed E-state index contributed by atoms with van der Waals surface area (Å²) in [5, 5.41) is 3.13. The molecule has 0 spiro atoms. The number of hydrogen-bond donors (Lipinski definition) is 2. The molecule has 0 radical (unpaired) electrons. The van der Waals surface area contributed by atoms with Crippen LogP contribution in [0.3, 0.4) is 0 Å². The average molecular weight is 495 g/mol. The fourth-order valence-corrected chi connectivity index (χ4v) is 5.14. The fourth-order valence-electron chi connectivity index (χ4n) is 3.37. The van der Waals surface area contributed by atoms with E-state index in [4.69, 9.17) is 9.47 Å². The second-order valence-corrected chi connectivity index (χ2v) is 9.27. The molecule has 5 aromatic rings. The van der Waals surface area contributed by atoms with Gasteiger partial charge in [-0.1, -0.05) is 18.2 Å². The molecule has 0 unspecified atom stereocenters. The van der Waals surface area contributed by atoms with Crippen LogP contribution in [0.5, 0.6) is 11.5 Å². The Hall–Kier alpha value is -4.03. The topological polar surface area (TPSA) is 128 Å². The number of nitrogens with zero attached hydrogens (tertiary/aromatic N) is 4. The average Bonchev–Trinajstić information content (AvgIpc) is 3.33. The smallest absolute Gasteiger partial charge is 0.265 e. The van der Waals surface area contributed by atoms with Crippen LogP contribution in [0.15, 0.2) is 65.6 Å². The number of aromatic nitrogens is 4. The third-order valence-corrected chi connectivity index (χ3v) is 6.91. The van der Waals surface area contributed by atoms with Crippen LogP contribution in [0.25, 0.3) is 22.1 Å². The van der Waals surface area contributed by atoms with Crippen molar-refractivity contribution >= 4 is 61.1 Å². The second-order valence-electron chi connectivity index (χ2n) is 7.09. The SMILES string of the molecule is COc1ccc(Nc2nc3ccccc3nc2NS(=O)(=O)c2cccc3nsnc23)c(OC)c1. The van der Waals surface area contributed by atoms with E-state index in [1.165, 1.54) is 13.2 Å². The summed E-state index contributed by atoms with van der Waals surface area (Å²) in [7, 11) is -0.976. The number of anilines is 3. The minimum Gasteiger partial charge on any atom is -0.497 e. The lowest BCUT2D eigenvalue weighted by atomic mass is 10.2. The maximum absolute atomic E-state index is 13.3. The van der Waals surface area contributed by atoms with Crippen LogP contribution in [0.4, 0.5) is 17.3 Å². The van der Waals surface area contributed by atoms with Gasteiger partial charge >= 0.3 is 0 Å². The molecule has 3 aromatic carbocycles. The summed E-state index contributed by atoms with van der Waals surface area (Å²) in [5.74, 6) is 1.32. The predicted octanol–water partition coefficient (Wildman–Crippen LogP) is 4.20. The molecular formula is C22H18N6O4S2. The molecule has 0 bridgehead atoms. The maximum Gasteiger partial charge on any atom is 0.265 e. The Kier molecular flexibility index (Phi) is 5.59. The molecule has 0 atom stereocenters. The molecule has 172 valence electrons. The number of nitrogens with one attached hydrogen (secondary N) is 2. The third-order valence-electron chi connectivity index (χ3n) is 5.00. The Morgan fingerprint density at radius 1 is 0.824 bits per heavy atom. The Balaban J connectivity index is 1.61. The summed E-state index contributed by atoms with van der Waals surface area (Å²) in [4.78, 5) is 9.13. The van der Waals surface area contributed by atoms with Gasteiger partial charge in [0, 0.05) is 6.07 Å². The number of ether oxygens (including phenoxy) is 2. The van der Waals surface area contributed by atoms with Gasteiger partial charge in [-0.3, -0.25) is 4.72 Å². The molecule has 34 heavy (non-hydrogen) atoms. The molecule has 0 aliphatic rings. The Morgan fingerprint density at radius 3 is 2.29 bits per heavy atom. The molecule has 10 nitrogen and oxygen atoms in total. The Morgan fingerprint density at radius 2 is 1.56 bits per heavy atom. The van der Waals surface area contributed by atoms with E-state index in [2.05, 4.69) is 28.8 Å². The highest BCUT2D eigenvalue weighted by atomic mass is 32.2. The first-order valence-corrected chi connectivity index (χ1v) is 12.2. The number of methoxy groups -OCH3 is 2. The number of para-hydroxylation sites is 2. The Bertz CT molecular complexity index is 1620. The van der Waals surface area contributed by atoms with E-state index < -0.39 is 10.0 Å². The van der Waals surface area contributed by atoms with Gasteiger partial charge in [0.2, 0.25) is 0 Å². The number of fused-ring (bicyclic) bond motifs is 2. The van der Waals surface area contributed by atoms with Crippen LogP contribution in [0.1, 0.15) is 0 Å². The maximum atomic E-state index is 13.3. The molecule has 0 amide bonds. The molecule has 0 saturated carbocycles. The number of sulfonamides is 1. The van der Waals surface area contributed by atoms with Gasteiger partial charge in [0.1, 0.15) is 27.4 Å². The lowest BCUT2D eigenvalue weighted by molar-refractivity contribution is 0.395. The summed E-state index contributed by atoms with van der Waals surface area (Å²) >= 11 is 0.947. The first kappa shape index (κ1) is 21.8.